The number of hydrogen-bond donors (Lipinski definition) is 0. The van der Waals surface area contributed by atoms with Gasteiger partial charge in [-0.2, -0.15) is 5.01 Å². The fraction of sp³-hybridized carbons (Fsp3) is 0.462. The highest BCUT2D eigenvalue weighted by atomic mass is 32.1. The Morgan fingerprint density at radius 3 is 2.32 bits per heavy atom. The molecule has 1 saturated heterocycles. The van der Waals surface area contributed by atoms with E-state index in [0.29, 0.717) is 37.8 Å². The first-order valence-electron chi connectivity index (χ1n) is 6.35. The number of fused-ring (bicyclic) bond motifs is 1. The van der Waals surface area contributed by atoms with Crippen molar-refractivity contribution in [3.8, 4) is 0 Å². The molecule has 2 aliphatic heterocycles. The van der Waals surface area contributed by atoms with E-state index in [4.69, 9.17) is 0 Å². The molecule has 1 aromatic rings. The predicted octanol–water partition coefficient (Wildman–Crippen LogP) is 1.86. The van der Waals surface area contributed by atoms with Crippen LogP contribution >= 0.6 is 11.3 Å². The van der Waals surface area contributed by atoms with Crippen LogP contribution in [0.5, 0.6) is 0 Å². The molecule has 0 atom stereocenters. The van der Waals surface area contributed by atoms with Crippen LogP contribution in [0.25, 0.3) is 0 Å². The number of aryl methyl sites for hydroxylation is 1. The molecule has 0 aliphatic carbocycles. The monoisotopic (exact) mass is 278 g/mol. The minimum atomic E-state index is -0.261. The lowest BCUT2D eigenvalue weighted by Crippen LogP contribution is -2.49. The first-order valence-corrected chi connectivity index (χ1v) is 7.16. The molecule has 3 rings (SSSR count). The minimum absolute atomic E-state index is 0.233. The predicted molar refractivity (Wildman–Crippen MR) is 69.3 cm³/mol. The van der Waals surface area contributed by atoms with Crippen LogP contribution in [0.4, 0.5) is 0 Å². The molecule has 100 valence electrons. The summed E-state index contributed by atoms with van der Waals surface area (Å²) < 4.78 is 0. The molecule has 3 heterocycles. The highest BCUT2D eigenvalue weighted by Gasteiger charge is 2.39. The van der Waals surface area contributed by atoms with Crippen molar-refractivity contribution >= 4 is 29.1 Å². The molecule has 0 spiro atoms. The summed E-state index contributed by atoms with van der Waals surface area (Å²) >= 11 is 1.54. The maximum absolute atomic E-state index is 12.3. The third kappa shape index (κ3) is 1.96. The van der Waals surface area contributed by atoms with E-state index in [0.717, 1.165) is 14.8 Å². The fourth-order valence-electron chi connectivity index (χ4n) is 2.54. The lowest BCUT2D eigenvalue weighted by Gasteiger charge is -2.28. The Bertz CT molecular complexity index is 560. The summed E-state index contributed by atoms with van der Waals surface area (Å²) in [7, 11) is 0. The molecule has 1 aromatic heterocycles. The van der Waals surface area contributed by atoms with Gasteiger partial charge in [0, 0.05) is 22.6 Å². The van der Waals surface area contributed by atoms with Gasteiger partial charge in [0.1, 0.15) is 0 Å². The second-order valence-corrected chi connectivity index (χ2v) is 6.20. The van der Waals surface area contributed by atoms with Crippen molar-refractivity contribution in [3.63, 3.8) is 0 Å². The molecule has 6 heteroatoms. The zero-order valence-electron chi connectivity index (χ0n) is 10.6. The van der Waals surface area contributed by atoms with Gasteiger partial charge in [0.05, 0.1) is 12.1 Å². The Morgan fingerprint density at radius 1 is 1.11 bits per heavy atom. The highest BCUT2D eigenvalue weighted by molar-refractivity contribution is 7.12. The number of carbonyl (C=O) groups is 3. The van der Waals surface area contributed by atoms with Crippen LogP contribution in [0.15, 0.2) is 6.07 Å². The van der Waals surface area contributed by atoms with Gasteiger partial charge in [-0.3, -0.25) is 14.4 Å². The van der Waals surface area contributed by atoms with Gasteiger partial charge >= 0.3 is 0 Å². The van der Waals surface area contributed by atoms with Crippen LogP contribution < -0.4 is 0 Å². The number of rotatable bonds is 1. The molecular formula is C13H14N2O3S. The van der Waals surface area contributed by atoms with Gasteiger partial charge in [0.2, 0.25) is 11.8 Å². The van der Waals surface area contributed by atoms with E-state index in [1.165, 1.54) is 5.01 Å². The van der Waals surface area contributed by atoms with E-state index in [1.807, 2.05) is 13.0 Å². The van der Waals surface area contributed by atoms with Crippen LogP contribution in [0.1, 0.15) is 45.8 Å². The van der Waals surface area contributed by atoms with E-state index in [1.54, 1.807) is 11.3 Å². The Morgan fingerprint density at radius 2 is 1.74 bits per heavy atom. The molecule has 0 N–H and O–H groups in total. The second kappa shape index (κ2) is 4.45. The quantitative estimate of drug-likeness (QED) is 0.737. The van der Waals surface area contributed by atoms with Crippen LogP contribution in [0, 0.1) is 6.92 Å². The summed E-state index contributed by atoms with van der Waals surface area (Å²) in [5.41, 5.74) is 0.632. The van der Waals surface area contributed by atoms with E-state index in [-0.39, 0.29) is 17.7 Å². The maximum atomic E-state index is 12.3. The normalized spacial score (nSPS) is 19.9. The van der Waals surface area contributed by atoms with E-state index >= 15 is 0 Å². The Hall–Kier alpha value is -1.69. The Balaban J connectivity index is 1.91. The number of imide groups is 1. The molecule has 0 saturated carbocycles. The Labute approximate surface area is 114 Å². The first-order chi connectivity index (χ1) is 9.08. The van der Waals surface area contributed by atoms with Crippen LogP contribution in [0.3, 0.4) is 0 Å². The lowest BCUT2D eigenvalue weighted by atomic mass is 10.2. The second-order valence-electron chi connectivity index (χ2n) is 4.86. The van der Waals surface area contributed by atoms with Crippen LogP contribution in [0.2, 0.25) is 0 Å². The number of hydrogen-bond acceptors (Lipinski definition) is 4. The Kier molecular flexibility index (Phi) is 2.89. The van der Waals surface area contributed by atoms with Gasteiger partial charge in [0.25, 0.3) is 5.91 Å². The highest BCUT2D eigenvalue weighted by Crippen LogP contribution is 2.32. The maximum Gasteiger partial charge on any atom is 0.274 e. The average molecular weight is 278 g/mol. The van der Waals surface area contributed by atoms with Gasteiger partial charge in [-0.15, -0.1) is 11.3 Å². The molecule has 0 bridgehead atoms. The molecule has 2 aliphatic rings. The number of carbonyl (C=O) groups excluding carboxylic acids is 3. The van der Waals surface area contributed by atoms with Gasteiger partial charge in [0.15, 0.2) is 0 Å². The molecule has 3 amide bonds. The SMILES string of the molecule is Cc1cc2c(s1)CN(N1C(=O)CCCCC1=O)C2=O. The lowest BCUT2D eigenvalue weighted by molar-refractivity contribution is -0.159. The summed E-state index contributed by atoms with van der Waals surface area (Å²) in [4.78, 5) is 38.3. The molecule has 5 nitrogen and oxygen atoms in total. The standard InChI is InChI=1S/C13H14N2O3S/c1-8-6-9-10(19-8)7-14(13(9)18)15-11(16)4-2-3-5-12(15)17/h6H,2-5,7H2,1H3. The zero-order valence-corrected chi connectivity index (χ0v) is 11.5. The van der Waals surface area contributed by atoms with Crippen molar-refractivity contribution in [1.29, 1.82) is 0 Å². The third-order valence-electron chi connectivity index (χ3n) is 3.44. The number of amides is 3. The van der Waals surface area contributed by atoms with Gasteiger partial charge in [-0.1, -0.05) is 0 Å². The minimum Gasteiger partial charge on any atom is -0.273 e. The van der Waals surface area contributed by atoms with Gasteiger partial charge in [-0.05, 0) is 25.8 Å². The molecule has 1 fully saturated rings. The van der Waals surface area contributed by atoms with E-state index in [9.17, 15) is 14.4 Å². The summed E-state index contributed by atoms with van der Waals surface area (Å²) in [5.74, 6) is -0.756. The van der Waals surface area contributed by atoms with Crippen molar-refractivity contribution in [1.82, 2.24) is 10.0 Å². The summed E-state index contributed by atoms with van der Waals surface area (Å²) in [6.45, 7) is 2.28. The molecule has 0 aromatic carbocycles. The summed E-state index contributed by atoms with van der Waals surface area (Å²) in [6, 6.07) is 1.83. The van der Waals surface area contributed by atoms with Crippen molar-refractivity contribution in [3.05, 3.63) is 21.4 Å². The zero-order chi connectivity index (χ0) is 13.6. The van der Waals surface area contributed by atoms with Crippen molar-refractivity contribution in [2.24, 2.45) is 0 Å². The number of hydrazine groups is 1. The smallest absolute Gasteiger partial charge is 0.273 e. The van der Waals surface area contributed by atoms with Crippen molar-refractivity contribution < 1.29 is 14.4 Å². The van der Waals surface area contributed by atoms with Crippen molar-refractivity contribution in [2.75, 3.05) is 0 Å². The van der Waals surface area contributed by atoms with Gasteiger partial charge in [-0.25, -0.2) is 5.01 Å². The average Bonchev–Trinajstić information content (AvgIpc) is 2.79. The molecule has 0 radical (unpaired) electrons. The molecular weight excluding hydrogens is 264 g/mol. The van der Waals surface area contributed by atoms with E-state index < -0.39 is 0 Å². The summed E-state index contributed by atoms with van der Waals surface area (Å²) in [6.07, 6.45) is 2.10. The number of nitrogens with zero attached hydrogens (tertiary/aromatic N) is 2. The molecule has 0 unspecified atom stereocenters. The largest absolute Gasteiger partial charge is 0.274 e. The third-order valence-corrected chi connectivity index (χ3v) is 4.47. The first kappa shape index (κ1) is 12.3. The topological polar surface area (TPSA) is 57.7 Å². The number of thiophene rings is 1. The van der Waals surface area contributed by atoms with Crippen LogP contribution in [-0.4, -0.2) is 27.7 Å². The van der Waals surface area contributed by atoms with Gasteiger partial charge < -0.3 is 0 Å². The summed E-state index contributed by atoms with van der Waals surface area (Å²) in [5, 5.41) is 2.37. The molecule has 19 heavy (non-hydrogen) atoms. The van der Waals surface area contributed by atoms with Crippen LogP contribution in [-0.2, 0) is 16.1 Å². The fourth-order valence-corrected chi connectivity index (χ4v) is 3.55. The van der Waals surface area contributed by atoms with Crippen molar-refractivity contribution in [2.45, 2.75) is 39.2 Å². The van der Waals surface area contributed by atoms with E-state index in [2.05, 4.69) is 0 Å².